The monoisotopic (exact) mass is 204 g/mol. The van der Waals surface area contributed by atoms with Gasteiger partial charge in [-0.25, -0.2) is 0 Å². The molecule has 3 rings (SSSR count). The van der Waals surface area contributed by atoms with Crippen LogP contribution in [-0.2, 0) is 0 Å². The summed E-state index contributed by atoms with van der Waals surface area (Å²) in [5.74, 6) is 0.888. The molecule has 0 spiro atoms. The molecular weight excluding hydrogens is 192 g/mol. The second-order valence-corrected chi connectivity index (χ2v) is 3.76. The van der Waals surface area contributed by atoms with Crippen LogP contribution in [0.15, 0.2) is 28.9 Å². The standard InChI is InChI=1S/C11H12N2O2/c1-2-11-8(6-13-15-11)5-9(1)14-10-3-4-12-7-10/h1-2,5-6,10,12H,3-4,7H2. The molecule has 2 heterocycles. The highest BCUT2D eigenvalue weighted by atomic mass is 16.5. The SMILES string of the molecule is c1cc2oncc2cc1OC1CCNC1. The molecule has 0 bridgehead atoms. The second-order valence-electron chi connectivity index (χ2n) is 3.76. The fraction of sp³-hybridized carbons (Fsp3) is 0.364. The van der Waals surface area contributed by atoms with Gasteiger partial charge in [0.1, 0.15) is 11.9 Å². The van der Waals surface area contributed by atoms with Gasteiger partial charge in [-0.15, -0.1) is 0 Å². The molecule has 1 aromatic carbocycles. The zero-order valence-corrected chi connectivity index (χ0v) is 8.27. The first-order chi connectivity index (χ1) is 7.42. The highest BCUT2D eigenvalue weighted by Gasteiger charge is 2.15. The summed E-state index contributed by atoms with van der Waals surface area (Å²) < 4.78 is 10.8. The predicted molar refractivity (Wildman–Crippen MR) is 55.9 cm³/mol. The summed E-state index contributed by atoms with van der Waals surface area (Å²) in [6, 6.07) is 5.77. The van der Waals surface area contributed by atoms with Crippen LogP contribution in [-0.4, -0.2) is 24.4 Å². The van der Waals surface area contributed by atoms with E-state index in [9.17, 15) is 0 Å². The van der Waals surface area contributed by atoms with Gasteiger partial charge < -0.3 is 14.6 Å². The quantitative estimate of drug-likeness (QED) is 0.806. The van der Waals surface area contributed by atoms with Crippen LogP contribution in [0.1, 0.15) is 6.42 Å². The van der Waals surface area contributed by atoms with Crippen molar-refractivity contribution in [2.24, 2.45) is 0 Å². The van der Waals surface area contributed by atoms with E-state index in [0.717, 1.165) is 36.2 Å². The number of hydrogen-bond donors (Lipinski definition) is 1. The molecule has 1 fully saturated rings. The number of nitrogens with one attached hydrogen (secondary N) is 1. The predicted octanol–water partition coefficient (Wildman–Crippen LogP) is 1.57. The molecule has 15 heavy (non-hydrogen) atoms. The number of fused-ring (bicyclic) bond motifs is 1. The van der Waals surface area contributed by atoms with E-state index in [0.29, 0.717) is 6.10 Å². The van der Waals surface area contributed by atoms with Crippen molar-refractivity contribution >= 4 is 11.0 Å². The van der Waals surface area contributed by atoms with E-state index in [1.54, 1.807) is 6.20 Å². The number of benzene rings is 1. The van der Waals surface area contributed by atoms with Crippen LogP contribution in [0.5, 0.6) is 5.75 Å². The molecule has 1 saturated heterocycles. The molecule has 0 amide bonds. The molecule has 4 nitrogen and oxygen atoms in total. The number of nitrogens with zero attached hydrogens (tertiary/aromatic N) is 1. The lowest BCUT2D eigenvalue weighted by Gasteiger charge is -2.11. The van der Waals surface area contributed by atoms with Crippen molar-refractivity contribution < 1.29 is 9.26 Å². The van der Waals surface area contributed by atoms with Crippen molar-refractivity contribution in [3.63, 3.8) is 0 Å². The average Bonchev–Trinajstić information content (AvgIpc) is 2.87. The van der Waals surface area contributed by atoms with Gasteiger partial charge in [0.25, 0.3) is 0 Å². The van der Waals surface area contributed by atoms with Crippen LogP contribution in [0.2, 0.25) is 0 Å². The Bertz CT molecular complexity index is 460. The van der Waals surface area contributed by atoms with E-state index >= 15 is 0 Å². The third-order valence-electron chi connectivity index (χ3n) is 2.64. The highest BCUT2D eigenvalue weighted by Crippen LogP contribution is 2.22. The van der Waals surface area contributed by atoms with Crippen molar-refractivity contribution in [3.8, 4) is 5.75 Å². The minimum absolute atomic E-state index is 0.294. The Hall–Kier alpha value is -1.55. The summed E-state index contributed by atoms with van der Waals surface area (Å²) in [6.45, 7) is 1.97. The van der Waals surface area contributed by atoms with Gasteiger partial charge >= 0.3 is 0 Å². The fourth-order valence-corrected chi connectivity index (χ4v) is 1.84. The molecule has 1 atom stereocenters. The second kappa shape index (κ2) is 3.55. The summed E-state index contributed by atoms with van der Waals surface area (Å²) in [4.78, 5) is 0. The number of hydrogen-bond acceptors (Lipinski definition) is 4. The zero-order valence-electron chi connectivity index (χ0n) is 8.27. The van der Waals surface area contributed by atoms with Gasteiger partial charge in [0.2, 0.25) is 0 Å². The average molecular weight is 204 g/mol. The molecule has 1 aromatic heterocycles. The van der Waals surface area contributed by atoms with Crippen molar-refractivity contribution in [2.75, 3.05) is 13.1 Å². The lowest BCUT2D eigenvalue weighted by molar-refractivity contribution is 0.223. The molecular formula is C11H12N2O2. The Morgan fingerprint density at radius 1 is 1.47 bits per heavy atom. The molecule has 1 N–H and O–H groups in total. The van der Waals surface area contributed by atoms with Gasteiger partial charge in [-0.1, -0.05) is 5.16 Å². The molecule has 1 unspecified atom stereocenters. The summed E-state index contributed by atoms with van der Waals surface area (Å²) >= 11 is 0. The van der Waals surface area contributed by atoms with E-state index in [4.69, 9.17) is 9.26 Å². The molecule has 4 heteroatoms. The Balaban J connectivity index is 1.84. The van der Waals surface area contributed by atoms with E-state index in [-0.39, 0.29) is 0 Å². The van der Waals surface area contributed by atoms with Crippen LogP contribution in [0.4, 0.5) is 0 Å². The molecule has 0 radical (unpaired) electrons. The molecule has 0 saturated carbocycles. The van der Waals surface area contributed by atoms with Gasteiger partial charge in [-0.3, -0.25) is 0 Å². The summed E-state index contributed by atoms with van der Waals surface area (Å²) in [5.41, 5.74) is 0.798. The third-order valence-corrected chi connectivity index (χ3v) is 2.64. The van der Waals surface area contributed by atoms with Crippen molar-refractivity contribution in [3.05, 3.63) is 24.4 Å². The molecule has 2 aromatic rings. The van der Waals surface area contributed by atoms with Gasteiger partial charge in [-0.05, 0) is 31.2 Å². The smallest absolute Gasteiger partial charge is 0.167 e. The van der Waals surface area contributed by atoms with E-state index in [1.807, 2.05) is 18.2 Å². The minimum Gasteiger partial charge on any atom is -0.489 e. The van der Waals surface area contributed by atoms with E-state index in [2.05, 4.69) is 10.5 Å². The topological polar surface area (TPSA) is 47.3 Å². The van der Waals surface area contributed by atoms with Crippen LogP contribution in [0.25, 0.3) is 11.0 Å². The molecule has 0 aliphatic carbocycles. The molecule has 1 aliphatic rings. The molecule has 1 aliphatic heterocycles. The lowest BCUT2D eigenvalue weighted by Crippen LogP contribution is -2.19. The molecule has 78 valence electrons. The Morgan fingerprint density at radius 2 is 2.47 bits per heavy atom. The normalized spacial score (nSPS) is 20.9. The maximum absolute atomic E-state index is 5.82. The van der Waals surface area contributed by atoms with E-state index < -0.39 is 0 Å². The van der Waals surface area contributed by atoms with Crippen LogP contribution >= 0.6 is 0 Å². The van der Waals surface area contributed by atoms with Crippen LogP contribution in [0, 0.1) is 0 Å². The van der Waals surface area contributed by atoms with Crippen LogP contribution in [0.3, 0.4) is 0 Å². The Labute approximate surface area is 87.2 Å². The first-order valence-corrected chi connectivity index (χ1v) is 5.14. The van der Waals surface area contributed by atoms with Crippen molar-refractivity contribution in [1.82, 2.24) is 10.5 Å². The van der Waals surface area contributed by atoms with Gasteiger partial charge in [0, 0.05) is 11.9 Å². The minimum atomic E-state index is 0.294. The van der Waals surface area contributed by atoms with Gasteiger partial charge in [-0.2, -0.15) is 0 Å². The van der Waals surface area contributed by atoms with Gasteiger partial charge in [0.15, 0.2) is 5.58 Å². The van der Waals surface area contributed by atoms with Crippen molar-refractivity contribution in [1.29, 1.82) is 0 Å². The largest absolute Gasteiger partial charge is 0.489 e. The summed E-state index contributed by atoms with van der Waals surface area (Å²) in [6.07, 6.45) is 3.07. The lowest BCUT2D eigenvalue weighted by atomic mass is 10.2. The summed E-state index contributed by atoms with van der Waals surface area (Å²) in [5, 5.41) is 7.98. The maximum atomic E-state index is 5.82. The Kier molecular flexibility index (Phi) is 2.07. The van der Waals surface area contributed by atoms with Crippen LogP contribution < -0.4 is 10.1 Å². The summed E-state index contributed by atoms with van der Waals surface area (Å²) in [7, 11) is 0. The maximum Gasteiger partial charge on any atom is 0.167 e. The zero-order chi connectivity index (χ0) is 10.1. The van der Waals surface area contributed by atoms with Gasteiger partial charge in [0.05, 0.1) is 6.20 Å². The first kappa shape index (κ1) is 8.73. The number of rotatable bonds is 2. The Morgan fingerprint density at radius 3 is 3.33 bits per heavy atom. The third kappa shape index (κ3) is 1.68. The van der Waals surface area contributed by atoms with E-state index in [1.165, 1.54) is 0 Å². The first-order valence-electron chi connectivity index (χ1n) is 5.14. The van der Waals surface area contributed by atoms with Crippen molar-refractivity contribution in [2.45, 2.75) is 12.5 Å². The number of aromatic nitrogens is 1. The number of ether oxygens (including phenoxy) is 1. The fourth-order valence-electron chi connectivity index (χ4n) is 1.84. The highest BCUT2D eigenvalue weighted by molar-refractivity contribution is 5.77.